The monoisotopic (exact) mass is 869 g/mol. The van der Waals surface area contributed by atoms with E-state index < -0.39 is 5.97 Å². The van der Waals surface area contributed by atoms with E-state index in [0.29, 0.717) is 45.5 Å². The predicted molar refractivity (Wildman–Crippen MR) is 259 cm³/mol. The van der Waals surface area contributed by atoms with Crippen LogP contribution >= 0.6 is 11.6 Å². The maximum atomic E-state index is 12.4. The molecule has 2 heterocycles. The molecule has 5 aromatic rings. The number of hydrogen-bond donors (Lipinski definition) is 4. The molecule has 0 aliphatic rings. The van der Waals surface area contributed by atoms with Crippen LogP contribution in [0.15, 0.2) is 115 Å². The zero-order chi connectivity index (χ0) is 46.6. The van der Waals surface area contributed by atoms with Gasteiger partial charge in [-0.1, -0.05) is 95.1 Å². The van der Waals surface area contributed by atoms with E-state index in [2.05, 4.69) is 40.8 Å². The number of likely N-dealkylation sites (N-methyl/N-ethyl adjacent to an activating group) is 1. The number of aldehydes is 1. The molecule has 11 heteroatoms. The number of terminal acetylenes is 1. The summed E-state index contributed by atoms with van der Waals surface area (Å²) in [5.41, 5.74) is 14.9. The minimum absolute atomic E-state index is 0.0135. The first-order chi connectivity index (χ1) is 30.3. The topological polar surface area (TPSA) is 152 Å². The molecule has 0 spiro atoms. The Morgan fingerprint density at radius 2 is 1.76 bits per heavy atom. The molecule has 5 rings (SSSR count). The highest BCUT2D eigenvalue weighted by atomic mass is 35.5. The Labute approximate surface area is 378 Å². The minimum atomic E-state index is -0.500. The Morgan fingerprint density at radius 3 is 2.37 bits per heavy atom. The average molecular weight is 871 g/mol. The van der Waals surface area contributed by atoms with Crippen molar-refractivity contribution in [1.82, 2.24) is 20.3 Å². The second-order valence-electron chi connectivity index (χ2n) is 14.3. The van der Waals surface area contributed by atoms with Gasteiger partial charge in [-0.25, -0.2) is 9.78 Å². The summed E-state index contributed by atoms with van der Waals surface area (Å²) in [6, 6.07) is 17.8. The first kappa shape index (κ1) is 50.7. The number of esters is 1. The number of methoxy groups -OCH3 is 1. The maximum Gasteiger partial charge on any atom is 0.338 e. The number of pyridine rings is 1. The van der Waals surface area contributed by atoms with Crippen molar-refractivity contribution < 1.29 is 24.2 Å². The first-order valence-electron chi connectivity index (χ1n) is 20.9. The van der Waals surface area contributed by atoms with E-state index in [-0.39, 0.29) is 17.6 Å². The molecule has 2 aromatic heterocycles. The molecule has 0 saturated heterocycles. The summed E-state index contributed by atoms with van der Waals surface area (Å²) in [6.45, 7) is 18.8. The lowest BCUT2D eigenvalue weighted by atomic mass is 9.86. The lowest BCUT2D eigenvalue weighted by molar-refractivity contribution is 0.0599. The number of aromatic hydroxyl groups is 1. The number of aryl methyl sites for hydroxylation is 1. The van der Waals surface area contributed by atoms with E-state index in [1.807, 2.05) is 97.1 Å². The number of ether oxygens (including phenoxy) is 2. The molecular formula is C52H60ClN5O5. The minimum Gasteiger partial charge on any atom is -0.506 e. The summed E-state index contributed by atoms with van der Waals surface area (Å²) in [5, 5.41) is 13.5. The van der Waals surface area contributed by atoms with E-state index in [1.54, 1.807) is 42.7 Å². The number of allylic oxidation sites excluding steroid dienone is 5. The molecule has 5 N–H and O–H groups in total. The molecule has 0 fully saturated rings. The third kappa shape index (κ3) is 13.9. The Kier molecular flexibility index (Phi) is 20.4. The number of carbonyl (C=O) groups is 2. The van der Waals surface area contributed by atoms with Crippen molar-refractivity contribution in [2.75, 3.05) is 26.4 Å². The molecule has 0 bridgehead atoms. The van der Waals surface area contributed by atoms with Crippen LogP contribution in [-0.4, -0.2) is 53.0 Å². The summed E-state index contributed by atoms with van der Waals surface area (Å²) >= 11 is 5.98. The SMILES string of the molecule is C#CC(C)/C=C(\CC)Oc1cc(N)ccc1C(C)c1cc(C)c(C=O)cc1C(=O)OC.C=C(/C=C\C(=C/CC)CNC)c1nc(-c2ccc(Cl)c(O)c2)c(-c2ccncc2)[nH]1.CC. The number of halogens is 1. The Balaban J connectivity index is 0.000000323. The molecule has 63 heavy (non-hydrogen) atoms. The van der Waals surface area contributed by atoms with Crippen LogP contribution in [-0.2, 0) is 4.74 Å². The number of rotatable bonds is 16. The lowest BCUT2D eigenvalue weighted by Crippen LogP contribution is -2.12. The van der Waals surface area contributed by atoms with Crippen molar-refractivity contribution >= 4 is 35.1 Å². The standard InChI is InChI=1S/C26H29NO4.C24H25ClN4O.C2H6/c1-7-16(3)11-21(8-2)31-25-14-20(27)9-10-22(25)18(5)23-12-17(4)19(15-28)13-24(23)26(29)30-6;1-4-5-17(15-26-3)7-6-16(2)24-28-22(18-10-12-27-13-11-18)23(29-24)19-8-9-20(25)21(30)14-19;1-2/h1,9-16,18H,8,27H2,2-6H3;5-14,26,30H,2,4,15H2,1,3H3,(H,28,29);1-2H3/b21-11+;7-6-,17-5+;. The van der Waals surface area contributed by atoms with Crippen LogP contribution < -0.4 is 15.8 Å². The van der Waals surface area contributed by atoms with Gasteiger partial charge in [0, 0.05) is 76.8 Å². The molecule has 2 atom stereocenters. The molecule has 330 valence electrons. The summed E-state index contributed by atoms with van der Waals surface area (Å²) in [4.78, 5) is 36.1. The lowest BCUT2D eigenvalue weighted by Gasteiger charge is -2.21. The van der Waals surface area contributed by atoms with Gasteiger partial charge in [-0.15, -0.1) is 6.42 Å². The number of H-pyrrole nitrogens is 1. The van der Waals surface area contributed by atoms with E-state index in [1.165, 1.54) is 12.7 Å². The maximum absolute atomic E-state index is 12.4. The van der Waals surface area contributed by atoms with Crippen molar-refractivity contribution in [3.63, 3.8) is 0 Å². The second kappa shape index (κ2) is 25.3. The highest BCUT2D eigenvalue weighted by Gasteiger charge is 2.23. The number of hydrogen-bond acceptors (Lipinski definition) is 9. The van der Waals surface area contributed by atoms with E-state index in [4.69, 9.17) is 38.2 Å². The first-order valence-corrected chi connectivity index (χ1v) is 21.3. The third-order valence-corrected chi connectivity index (χ3v) is 10.1. The van der Waals surface area contributed by atoms with Gasteiger partial charge in [0.15, 0.2) is 0 Å². The number of imidazole rings is 1. The number of nitrogens with two attached hydrogens (primary N) is 1. The molecule has 3 aromatic carbocycles. The zero-order valence-corrected chi connectivity index (χ0v) is 38.6. The Bertz CT molecular complexity index is 2480. The van der Waals surface area contributed by atoms with Crippen molar-refractivity contribution in [3.05, 3.63) is 154 Å². The van der Waals surface area contributed by atoms with Crippen LogP contribution in [0.1, 0.15) is 104 Å². The Morgan fingerprint density at radius 1 is 1.05 bits per heavy atom. The van der Waals surface area contributed by atoms with Gasteiger partial charge in [-0.3, -0.25) is 9.78 Å². The van der Waals surface area contributed by atoms with Crippen molar-refractivity contribution in [2.45, 2.75) is 67.2 Å². The molecule has 0 aliphatic carbocycles. The van der Waals surface area contributed by atoms with Crippen LogP contribution in [0, 0.1) is 25.2 Å². The summed E-state index contributed by atoms with van der Waals surface area (Å²) in [6.07, 6.45) is 19.4. The normalized spacial score (nSPS) is 12.2. The molecule has 10 nitrogen and oxygen atoms in total. The van der Waals surface area contributed by atoms with Crippen LogP contribution in [0.3, 0.4) is 0 Å². The average Bonchev–Trinajstić information content (AvgIpc) is 3.75. The van der Waals surface area contributed by atoms with E-state index in [0.717, 1.165) is 64.1 Å². The third-order valence-electron chi connectivity index (χ3n) is 9.77. The smallest absolute Gasteiger partial charge is 0.338 e. The quantitative estimate of drug-likeness (QED) is 0.0190. The number of aromatic amines is 1. The number of aromatic nitrogens is 3. The molecule has 0 aliphatic heterocycles. The summed E-state index contributed by atoms with van der Waals surface area (Å²) in [7, 11) is 3.24. The van der Waals surface area contributed by atoms with Gasteiger partial charge in [-0.05, 0) is 86.5 Å². The summed E-state index contributed by atoms with van der Waals surface area (Å²) in [5.74, 6) is 3.88. The Hall–Kier alpha value is -6.67. The fourth-order valence-corrected chi connectivity index (χ4v) is 6.57. The number of nitrogens with one attached hydrogen (secondary N) is 2. The number of phenols is 1. The van der Waals surface area contributed by atoms with Gasteiger partial charge in [0.2, 0.25) is 0 Å². The molecular weight excluding hydrogens is 810 g/mol. The van der Waals surface area contributed by atoms with Crippen molar-refractivity contribution in [2.24, 2.45) is 5.92 Å². The van der Waals surface area contributed by atoms with Gasteiger partial charge in [0.05, 0.1) is 29.1 Å². The van der Waals surface area contributed by atoms with Gasteiger partial charge >= 0.3 is 5.97 Å². The summed E-state index contributed by atoms with van der Waals surface area (Å²) < 4.78 is 11.2. The second-order valence-corrected chi connectivity index (χ2v) is 14.7. The van der Waals surface area contributed by atoms with Crippen molar-refractivity contribution in [3.8, 4) is 46.4 Å². The van der Waals surface area contributed by atoms with Gasteiger partial charge in [0.25, 0.3) is 0 Å². The van der Waals surface area contributed by atoms with Gasteiger partial charge in [-0.2, -0.15) is 0 Å². The fraction of sp³-hybridized carbons (Fsp3) is 0.269. The van der Waals surface area contributed by atoms with E-state index in [9.17, 15) is 14.7 Å². The van der Waals surface area contributed by atoms with Gasteiger partial charge < -0.3 is 30.6 Å². The van der Waals surface area contributed by atoms with Crippen LogP contribution in [0.4, 0.5) is 5.69 Å². The number of nitrogens with zero attached hydrogens (tertiary/aromatic N) is 2. The number of benzene rings is 3. The van der Waals surface area contributed by atoms with Gasteiger partial charge in [0.1, 0.15) is 29.4 Å². The highest BCUT2D eigenvalue weighted by Crippen LogP contribution is 2.38. The highest BCUT2D eigenvalue weighted by molar-refractivity contribution is 6.32. The fourth-order valence-electron chi connectivity index (χ4n) is 6.45. The van der Waals surface area contributed by atoms with Crippen LogP contribution in [0.2, 0.25) is 5.02 Å². The van der Waals surface area contributed by atoms with Crippen molar-refractivity contribution in [1.29, 1.82) is 0 Å². The molecule has 0 saturated carbocycles. The molecule has 0 amide bonds. The number of anilines is 1. The number of nitrogen functional groups attached to an aromatic ring is 1. The number of phenolic OH excluding ortho intramolecular Hbond substituents is 1. The van der Waals surface area contributed by atoms with Crippen LogP contribution in [0.5, 0.6) is 11.5 Å². The molecule has 2 unspecified atom stereocenters. The largest absolute Gasteiger partial charge is 0.506 e. The number of carbonyl (C=O) groups excluding carboxylic acids is 2. The zero-order valence-electron chi connectivity index (χ0n) is 37.8. The predicted octanol–water partition coefficient (Wildman–Crippen LogP) is 11.9. The van der Waals surface area contributed by atoms with E-state index >= 15 is 0 Å². The van der Waals surface area contributed by atoms with Crippen LogP contribution in [0.25, 0.3) is 28.1 Å². The molecule has 0 radical (unpaired) electrons.